The number of nitrogens with one attached hydrogen (secondary N) is 1. The molecule has 5 heteroatoms. The van der Waals surface area contributed by atoms with Crippen molar-refractivity contribution in [1.82, 2.24) is 5.32 Å². The Balaban J connectivity index is 2.46. The maximum absolute atomic E-state index is 13.1. The maximum Gasteiger partial charge on any atom is 0.142 e. The van der Waals surface area contributed by atoms with Crippen molar-refractivity contribution in [2.24, 2.45) is 0 Å². The standard InChI is InChI=1S/C11H15ClFNO2/c1-11(16,7-15)6-14-5-8-2-3-9(12)10(13)4-8/h2-4,14-16H,5-7H2,1H3. The molecule has 3 nitrogen and oxygen atoms in total. The van der Waals surface area contributed by atoms with Crippen molar-refractivity contribution in [3.8, 4) is 0 Å². The molecule has 0 spiro atoms. The van der Waals surface area contributed by atoms with Gasteiger partial charge < -0.3 is 15.5 Å². The maximum atomic E-state index is 13.1. The Morgan fingerprint density at radius 2 is 2.19 bits per heavy atom. The lowest BCUT2D eigenvalue weighted by Crippen LogP contribution is -2.40. The number of aliphatic hydroxyl groups excluding tert-OH is 1. The van der Waals surface area contributed by atoms with Gasteiger partial charge in [0, 0.05) is 13.1 Å². The van der Waals surface area contributed by atoms with Crippen LogP contribution in [-0.4, -0.2) is 29.0 Å². The van der Waals surface area contributed by atoms with Crippen LogP contribution in [-0.2, 0) is 6.54 Å². The molecule has 0 saturated carbocycles. The van der Waals surface area contributed by atoms with Crippen molar-refractivity contribution in [2.45, 2.75) is 19.1 Å². The van der Waals surface area contributed by atoms with Crippen molar-refractivity contribution < 1.29 is 14.6 Å². The second kappa shape index (κ2) is 5.59. The lowest BCUT2D eigenvalue weighted by atomic mass is 10.1. The van der Waals surface area contributed by atoms with E-state index in [1.54, 1.807) is 6.07 Å². The minimum atomic E-state index is -1.16. The molecule has 0 aliphatic heterocycles. The SMILES string of the molecule is CC(O)(CO)CNCc1ccc(Cl)c(F)c1. The van der Waals surface area contributed by atoms with Gasteiger partial charge in [-0.25, -0.2) is 4.39 Å². The lowest BCUT2D eigenvalue weighted by Gasteiger charge is -2.20. The van der Waals surface area contributed by atoms with Gasteiger partial charge in [0.05, 0.1) is 17.2 Å². The van der Waals surface area contributed by atoms with E-state index in [-0.39, 0.29) is 18.2 Å². The number of halogens is 2. The van der Waals surface area contributed by atoms with Crippen molar-refractivity contribution in [3.63, 3.8) is 0 Å². The van der Waals surface area contributed by atoms with E-state index in [0.29, 0.717) is 6.54 Å². The Morgan fingerprint density at radius 3 is 2.75 bits per heavy atom. The first-order chi connectivity index (χ1) is 7.44. The molecule has 0 radical (unpaired) electrons. The quantitative estimate of drug-likeness (QED) is 0.736. The average Bonchev–Trinajstić information content (AvgIpc) is 2.23. The van der Waals surface area contributed by atoms with Crippen molar-refractivity contribution in [1.29, 1.82) is 0 Å². The Hall–Kier alpha value is -0.680. The van der Waals surface area contributed by atoms with Crippen molar-refractivity contribution in [3.05, 3.63) is 34.6 Å². The summed E-state index contributed by atoms with van der Waals surface area (Å²) < 4.78 is 13.1. The number of rotatable bonds is 5. The number of benzene rings is 1. The normalized spacial score (nSPS) is 14.8. The van der Waals surface area contributed by atoms with Gasteiger partial charge in [-0.2, -0.15) is 0 Å². The molecule has 0 aliphatic rings. The summed E-state index contributed by atoms with van der Waals surface area (Å²) in [6.45, 7) is 1.83. The first kappa shape index (κ1) is 13.4. The Labute approximate surface area is 98.9 Å². The summed E-state index contributed by atoms with van der Waals surface area (Å²) in [5.41, 5.74) is -0.430. The van der Waals surface area contributed by atoms with Crippen LogP contribution >= 0.6 is 11.6 Å². The summed E-state index contributed by atoms with van der Waals surface area (Å²) in [5.74, 6) is -0.463. The van der Waals surface area contributed by atoms with E-state index in [0.717, 1.165) is 5.56 Å². The van der Waals surface area contributed by atoms with Crippen molar-refractivity contribution in [2.75, 3.05) is 13.2 Å². The fourth-order valence-corrected chi connectivity index (χ4v) is 1.30. The van der Waals surface area contributed by atoms with Gasteiger partial charge in [0.25, 0.3) is 0 Å². The highest BCUT2D eigenvalue weighted by Crippen LogP contribution is 2.15. The zero-order valence-corrected chi connectivity index (χ0v) is 9.76. The molecule has 16 heavy (non-hydrogen) atoms. The Bertz CT molecular complexity index is 358. The minimum absolute atomic E-state index is 0.0890. The molecule has 1 atom stereocenters. The fourth-order valence-electron chi connectivity index (χ4n) is 1.18. The van der Waals surface area contributed by atoms with Gasteiger partial charge in [-0.1, -0.05) is 17.7 Å². The Morgan fingerprint density at radius 1 is 1.50 bits per heavy atom. The molecule has 0 fully saturated rings. The van der Waals surface area contributed by atoms with Gasteiger partial charge in [0.1, 0.15) is 5.82 Å². The van der Waals surface area contributed by atoms with Gasteiger partial charge in [0.15, 0.2) is 0 Å². The number of hydrogen-bond donors (Lipinski definition) is 3. The predicted molar refractivity (Wildman–Crippen MR) is 60.8 cm³/mol. The van der Waals surface area contributed by atoms with Crippen LogP contribution in [0.2, 0.25) is 5.02 Å². The van der Waals surface area contributed by atoms with Crippen LogP contribution in [0.25, 0.3) is 0 Å². The summed E-state index contributed by atoms with van der Waals surface area (Å²) in [7, 11) is 0. The number of aliphatic hydroxyl groups is 2. The molecule has 1 aromatic carbocycles. The second-order valence-electron chi connectivity index (χ2n) is 4.01. The van der Waals surface area contributed by atoms with Gasteiger partial charge in [-0.15, -0.1) is 0 Å². The molecule has 0 aliphatic carbocycles. The molecule has 0 amide bonds. The van der Waals surface area contributed by atoms with E-state index >= 15 is 0 Å². The zero-order valence-electron chi connectivity index (χ0n) is 9.00. The molecule has 0 saturated heterocycles. The van der Waals surface area contributed by atoms with E-state index in [1.807, 2.05) is 0 Å². The summed E-state index contributed by atoms with van der Waals surface area (Å²) in [5, 5.41) is 21.3. The van der Waals surface area contributed by atoms with Crippen LogP contribution in [0.5, 0.6) is 0 Å². The van der Waals surface area contributed by atoms with Gasteiger partial charge in [0.2, 0.25) is 0 Å². The molecule has 1 unspecified atom stereocenters. The topological polar surface area (TPSA) is 52.5 Å². The summed E-state index contributed by atoms with van der Waals surface area (Å²) in [6.07, 6.45) is 0. The highest BCUT2D eigenvalue weighted by molar-refractivity contribution is 6.30. The smallest absolute Gasteiger partial charge is 0.142 e. The minimum Gasteiger partial charge on any atom is -0.393 e. The van der Waals surface area contributed by atoms with Gasteiger partial charge in [-0.05, 0) is 24.6 Å². The molecular formula is C11H15ClFNO2. The molecule has 0 bridgehead atoms. The first-order valence-corrected chi connectivity index (χ1v) is 5.30. The molecule has 1 rings (SSSR count). The molecule has 3 N–H and O–H groups in total. The predicted octanol–water partition coefficient (Wildman–Crippen LogP) is 1.31. The van der Waals surface area contributed by atoms with E-state index in [2.05, 4.69) is 5.32 Å². The van der Waals surface area contributed by atoms with Crippen LogP contribution in [0.3, 0.4) is 0 Å². The third-order valence-corrected chi connectivity index (χ3v) is 2.47. The van der Waals surface area contributed by atoms with Crippen molar-refractivity contribution >= 4 is 11.6 Å². The van der Waals surface area contributed by atoms with Gasteiger partial charge >= 0.3 is 0 Å². The van der Waals surface area contributed by atoms with Crippen LogP contribution in [0.15, 0.2) is 18.2 Å². The fraction of sp³-hybridized carbons (Fsp3) is 0.455. The highest BCUT2D eigenvalue weighted by Gasteiger charge is 2.17. The third-order valence-electron chi connectivity index (χ3n) is 2.16. The molecule has 0 heterocycles. The molecular weight excluding hydrogens is 233 g/mol. The van der Waals surface area contributed by atoms with Crippen LogP contribution < -0.4 is 5.32 Å². The average molecular weight is 248 g/mol. The van der Waals surface area contributed by atoms with E-state index in [1.165, 1.54) is 19.1 Å². The molecule has 0 aromatic heterocycles. The monoisotopic (exact) mass is 247 g/mol. The second-order valence-corrected chi connectivity index (χ2v) is 4.41. The van der Waals surface area contributed by atoms with E-state index in [4.69, 9.17) is 16.7 Å². The van der Waals surface area contributed by atoms with Crippen LogP contribution in [0, 0.1) is 5.82 Å². The van der Waals surface area contributed by atoms with Gasteiger partial charge in [-0.3, -0.25) is 0 Å². The van der Waals surface area contributed by atoms with Crippen LogP contribution in [0.4, 0.5) is 4.39 Å². The van der Waals surface area contributed by atoms with E-state index in [9.17, 15) is 9.50 Å². The Kier molecular flexibility index (Phi) is 4.68. The highest BCUT2D eigenvalue weighted by atomic mass is 35.5. The lowest BCUT2D eigenvalue weighted by molar-refractivity contribution is 0.00253. The molecule has 90 valence electrons. The summed E-state index contributed by atoms with van der Waals surface area (Å²) >= 11 is 5.54. The molecule has 1 aromatic rings. The largest absolute Gasteiger partial charge is 0.393 e. The zero-order chi connectivity index (χ0) is 12.2. The first-order valence-electron chi connectivity index (χ1n) is 4.92. The summed E-state index contributed by atoms with van der Waals surface area (Å²) in [6, 6.07) is 4.52. The number of hydrogen-bond acceptors (Lipinski definition) is 3. The summed E-state index contributed by atoms with van der Waals surface area (Å²) in [4.78, 5) is 0. The van der Waals surface area contributed by atoms with E-state index < -0.39 is 11.4 Å². The van der Waals surface area contributed by atoms with Crippen LogP contribution in [0.1, 0.15) is 12.5 Å². The third kappa shape index (κ3) is 4.06.